The first kappa shape index (κ1) is 14.3. The molecule has 1 aliphatic carbocycles. The number of Topliss-reactive ketones (excluding diaryl/α,β-unsaturated/α-hetero) is 1. The number of likely N-dealkylation sites (tertiary alicyclic amines) is 1. The molecule has 1 aliphatic heterocycles. The molecule has 1 aromatic carbocycles. The molecule has 2 aliphatic rings. The van der Waals surface area contributed by atoms with Crippen molar-refractivity contribution in [1.82, 2.24) is 4.90 Å². The Morgan fingerprint density at radius 1 is 1.38 bits per heavy atom. The van der Waals surface area contributed by atoms with Gasteiger partial charge in [0.1, 0.15) is 11.5 Å². The van der Waals surface area contributed by atoms with Crippen LogP contribution in [0.1, 0.15) is 38.2 Å². The van der Waals surface area contributed by atoms with E-state index in [1.165, 1.54) is 6.92 Å². The van der Waals surface area contributed by atoms with E-state index in [1.54, 1.807) is 6.07 Å². The van der Waals surface area contributed by atoms with Crippen LogP contribution in [0.5, 0.6) is 5.75 Å². The smallest absolute Gasteiger partial charge is 0.308 e. The Morgan fingerprint density at radius 2 is 2.14 bits per heavy atom. The van der Waals surface area contributed by atoms with Crippen molar-refractivity contribution in [2.75, 3.05) is 13.6 Å². The topological polar surface area (TPSA) is 46.6 Å². The van der Waals surface area contributed by atoms with Crippen LogP contribution in [-0.4, -0.2) is 36.3 Å². The number of likely N-dealkylation sites (N-methyl/N-ethyl adjacent to an activating group) is 1. The van der Waals surface area contributed by atoms with Crippen LogP contribution in [-0.2, 0) is 15.0 Å². The second kappa shape index (κ2) is 5.26. The van der Waals surface area contributed by atoms with E-state index in [0.717, 1.165) is 31.4 Å². The van der Waals surface area contributed by atoms with Crippen molar-refractivity contribution in [1.29, 1.82) is 0 Å². The highest BCUT2D eigenvalue weighted by atomic mass is 16.5. The van der Waals surface area contributed by atoms with Gasteiger partial charge in [0.15, 0.2) is 0 Å². The summed E-state index contributed by atoms with van der Waals surface area (Å²) in [5, 5.41) is 0. The monoisotopic (exact) mass is 287 g/mol. The molecule has 1 saturated heterocycles. The number of para-hydroxylation sites is 1. The summed E-state index contributed by atoms with van der Waals surface area (Å²) in [5.41, 5.74) is 0.387. The van der Waals surface area contributed by atoms with E-state index >= 15 is 0 Å². The molecule has 4 nitrogen and oxygen atoms in total. The van der Waals surface area contributed by atoms with Crippen molar-refractivity contribution < 1.29 is 14.3 Å². The summed E-state index contributed by atoms with van der Waals surface area (Å²) in [4.78, 5) is 26.5. The first-order chi connectivity index (χ1) is 10.1. The fraction of sp³-hybridized carbons (Fsp3) is 0.529. The Balaban J connectivity index is 2.12. The summed E-state index contributed by atoms with van der Waals surface area (Å²) in [5.74, 6) is 0.494. The number of ketones is 1. The van der Waals surface area contributed by atoms with Crippen LogP contribution in [0, 0.1) is 0 Å². The Hall–Kier alpha value is -1.68. The molecular weight excluding hydrogens is 266 g/mol. The fourth-order valence-corrected chi connectivity index (χ4v) is 4.07. The van der Waals surface area contributed by atoms with Crippen molar-refractivity contribution >= 4 is 11.8 Å². The van der Waals surface area contributed by atoms with Gasteiger partial charge in [0.2, 0.25) is 0 Å². The summed E-state index contributed by atoms with van der Waals surface area (Å²) in [6, 6.07) is 7.74. The van der Waals surface area contributed by atoms with Gasteiger partial charge in [-0.05, 0) is 38.9 Å². The standard InChI is InChI=1S/C17H21NO3/c1-12(19)21-14-7-4-3-6-13(14)17-10-11-18(2)15(17)8-5-9-16(17)20/h3-4,6-7,15H,5,8-11H2,1-2H3. The molecule has 1 heterocycles. The lowest BCUT2D eigenvalue weighted by atomic mass is 9.65. The average Bonchev–Trinajstić information content (AvgIpc) is 2.79. The highest BCUT2D eigenvalue weighted by Gasteiger charge is 2.54. The molecule has 1 aromatic rings. The molecule has 3 rings (SSSR count). The van der Waals surface area contributed by atoms with E-state index in [0.29, 0.717) is 18.0 Å². The number of carbonyl (C=O) groups excluding carboxylic acids is 2. The molecule has 21 heavy (non-hydrogen) atoms. The Labute approximate surface area is 125 Å². The van der Waals surface area contributed by atoms with Crippen molar-refractivity contribution in [2.24, 2.45) is 0 Å². The molecule has 2 atom stereocenters. The Kier molecular flexibility index (Phi) is 3.57. The van der Waals surface area contributed by atoms with E-state index in [-0.39, 0.29) is 12.0 Å². The predicted octanol–water partition coefficient (Wildman–Crippen LogP) is 2.31. The van der Waals surface area contributed by atoms with Gasteiger partial charge in [-0.15, -0.1) is 0 Å². The normalized spacial score (nSPS) is 29.2. The maximum atomic E-state index is 12.8. The number of hydrogen-bond acceptors (Lipinski definition) is 4. The molecule has 0 spiro atoms. The molecule has 0 aromatic heterocycles. The minimum atomic E-state index is -0.501. The number of esters is 1. The molecule has 4 heteroatoms. The van der Waals surface area contributed by atoms with Gasteiger partial charge in [-0.2, -0.15) is 0 Å². The SMILES string of the molecule is CC(=O)Oc1ccccc1C12CCN(C)C1CCCC2=O. The van der Waals surface area contributed by atoms with Gasteiger partial charge >= 0.3 is 5.97 Å². The van der Waals surface area contributed by atoms with Crippen LogP contribution < -0.4 is 4.74 Å². The number of rotatable bonds is 2. The summed E-state index contributed by atoms with van der Waals surface area (Å²) in [7, 11) is 2.08. The van der Waals surface area contributed by atoms with Crippen LogP contribution in [0.25, 0.3) is 0 Å². The number of ether oxygens (including phenoxy) is 1. The van der Waals surface area contributed by atoms with Crippen LogP contribution in [0.2, 0.25) is 0 Å². The molecular formula is C17H21NO3. The quantitative estimate of drug-likeness (QED) is 0.618. The molecule has 2 fully saturated rings. The summed E-state index contributed by atoms with van der Waals surface area (Å²) in [6.45, 7) is 2.31. The Morgan fingerprint density at radius 3 is 2.90 bits per heavy atom. The van der Waals surface area contributed by atoms with Gasteiger partial charge in [-0.1, -0.05) is 18.2 Å². The maximum Gasteiger partial charge on any atom is 0.308 e. The first-order valence-electron chi connectivity index (χ1n) is 7.57. The van der Waals surface area contributed by atoms with Crippen LogP contribution in [0.3, 0.4) is 0 Å². The second-order valence-electron chi connectivity index (χ2n) is 6.12. The van der Waals surface area contributed by atoms with Crippen molar-refractivity contribution in [3.8, 4) is 5.75 Å². The minimum Gasteiger partial charge on any atom is -0.426 e. The predicted molar refractivity (Wildman–Crippen MR) is 79.3 cm³/mol. The van der Waals surface area contributed by atoms with E-state index in [1.807, 2.05) is 18.2 Å². The number of nitrogens with zero attached hydrogens (tertiary/aromatic N) is 1. The summed E-state index contributed by atoms with van der Waals surface area (Å²) < 4.78 is 5.38. The van der Waals surface area contributed by atoms with E-state index in [4.69, 9.17) is 4.74 Å². The van der Waals surface area contributed by atoms with Gasteiger partial charge in [0.05, 0.1) is 5.41 Å². The zero-order valence-corrected chi connectivity index (χ0v) is 12.6. The number of fused-ring (bicyclic) bond motifs is 1. The Bertz CT molecular complexity index is 583. The van der Waals surface area contributed by atoms with Crippen LogP contribution in [0.4, 0.5) is 0 Å². The molecule has 2 unspecified atom stereocenters. The fourth-order valence-electron chi connectivity index (χ4n) is 4.07. The first-order valence-corrected chi connectivity index (χ1v) is 7.57. The second-order valence-corrected chi connectivity index (χ2v) is 6.12. The van der Waals surface area contributed by atoms with Gasteiger partial charge < -0.3 is 9.64 Å². The molecule has 0 radical (unpaired) electrons. The molecule has 0 amide bonds. The third-order valence-electron chi connectivity index (χ3n) is 4.96. The van der Waals surface area contributed by atoms with E-state index in [9.17, 15) is 9.59 Å². The largest absolute Gasteiger partial charge is 0.426 e. The lowest BCUT2D eigenvalue weighted by molar-refractivity contribution is -0.132. The number of hydrogen-bond donors (Lipinski definition) is 0. The molecule has 0 N–H and O–H groups in total. The van der Waals surface area contributed by atoms with Crippen LogP contribution in [0.15, 0.2) is 24.3 Å². The van der Waals surface area contributed by atoms with E-state index in [2.05, 4.69) is 11.9 Å². The van der Waals surface area contributed by atoms with Gasteiger partial charge in [-0.25, -0.2) is 0 Å². The van der Waals surface area contributed by atoms with Crippen LogP contribution >= 0.6 is 0 Å². The van der Waals surface area contributed by atoms with Gasteiger partial charge in [0, 0.05) is 24.9 Å². The lowest BCUT2D eigenvalue weighted by Crippen LogP contribution is -2.50. The third kappa shape index (κ3) is 2.18. The lowest BCUT2D eigenvalue weighted by Gasteiger charge is -2.40. The van der Waals surface area contributed by atoms with Gasteiger partial charge in [-0.3, -0.25) is 9.59 Å². The summed E-state index contributed by atoms with van der Waals surface area (Å²) in [6.07, 6.45) is 3.41. The van der Waals surface area contributed by atoms with Gasteiger partial charge in [0.25, 0.3) is 0 Å². The number of carbonyl (C=O) groups is 2. The maximum absolute atomic E-state index is 12.8. The molecule has 112 valence electrons. The zero-order chi connectivity index (χ0) is 15.0. The number of benzene rings is 1. The minimum absolute atomic E-state index is 0.218. The summed E-state index contributed by atoms with van der Waals surface area (Å²) >= 11 is 0. The third-order valence-corrected chi connectivity index (χ3v) is 4.96. The highest BCUT2D eigenvalue weighted by molar-refractivity contribution is 5.93. The van der Waals surface area contributed by atoms with Crippen molar-refractivity contribution in [3.63, 3.8) is 0 Å². The van der Waals surface area contributed by atoms with Crippen molar-refractivity contribution in [3.05, 3.63) is 29.8 Å². The average molecular weight is 287 g/mol. The zero-order valence-electron chi connectivity index (χ0n) is 12.6. The van der Waals surface area contributed by atoms with E-state index < -0.39 is 5.41 Å². The molecule has 0 bridgehead atoms. The highest BCUT2D eigenvalue weighted by Crippen LogP contribution is 2.49. The van der Waals surface area contributed by atoms with Crippen molar-refractivity contribution in [2.45, 2.75) is 44.1 Å². The molecule has 1 saturated carbocycles.